The standard InChI is InChI=1S/C9H12N4/c1-3-13(4-2)9-6-5-8(7-10)11-12-9/h5-6H,3-4H2,1-2H3. The quantitative estimate of drug-likeness (QED) is 0.694. The van der Waals surface area contributed by atoms with Crippen LogP contribution in [0.1, 0.15) is 19.5 Å². The van der Waals surface area contributed by atoms with E-state index in [2.05, 4.69) is 28.9 Å². The van der Waals surface area contributed by atoms with E-state index in [0.717, 1.165) is 18.9 Å². The highest BCUT2D eigenvalue weighted by Gasteiger charge is 2.02. The molecule has 4 nitrogen and oxygen atoms in total. The molecule has 13 heavy (non-hydrogen) atoms. The zero-order valence-electron chi connectivity index (χ0n) is 7.86. The number of aromatic nitrogens is 2. The van der Waals surface area contributed by atoms with Gasteiger partial charge in [-0.25, -0.2) is 0 Å². The Labute approximate surface area is 77.8 Å². The van der Waals surface area contributed by atoms with Crippen molar-refractivity contribution in [1.82, 2.24) is 10.2 Å². The van der Waals surface area contributed by atoms with Gasteiger partial charge in [0.15, 0.2) is 11.5 Å². The molecule has 0 saturated heterocycles. The van der Waals surface area contributed by atoms with Gasteiger partial charge in [0.1, 0.15) is 6.07 Å². The van der Waals surface area contributed by atoms with Crippen molar-refractivity contribution < 1.29 is 0 Å². The fourth-order valence-electron chi connectivity index (χ4n) is 1.10. The van der Waals surface area contributed by atoms with Crippen LogP contribution in [0.3, 0.4) is 0 Å². The van der Waals surface area contributed by atoms with E-state index in [0.29, 0.717) is 5.69 Å². The summed E-state index contributed by atoms with van der Waals surface area (Å²) in [7, 11) is 0. The minimum atomic E-state index is 0.357. The predicted molar refractivity (Wildman–Crippen MR) is 50.3 cm³/mol. The molecule has 0 unspecified atom stereocenters. The second kappa shape index (κ2) is 4.41. The second-order valence-corrected chi connectivity index (χ2v) is 2.56. The van der Waals surface area contributed by atoms with Crippen LogP contribution in [0.2, 0.25) is 0 Å². The molecule has 1 aromatic rings. The molecule has 0 fully saturated rings. The molecule has 0 radical (unpaired) electrons. The van der Waals surface area contributed by atoms with E-state index < -0.39 is 0 Å². The van der Waals surface area contributed by atoms with Crippen molar-refractivity contribution in [3.8, 4) is 6.07 Å². The Balaban J connectivity index is 2.85. The summed E-state index contributed by atoms with van der Waals surface area (Å²) in [6, 6.07) is 5.44. The van der Waals surface area contributed by atoms with E-state index in [1.54, 1.807) is 6.07 Å². The third-order valence-corrected chi connectivity index (χ3v) is 1.85. The van der Waals surface area contributed by atoms with Crippen LogP contribution in [-0.4, -0.2) is 23.3 Å². The van der Waals surface area contributed by atoms with Gasteiger partial charge in [-0.15, -0.1) is 10.2 Å². The molecular formula is C9H12N4. The smallest absolute Gasteiger partial charge is 0.163 e. The van der Waals surface area contributed by atoms with Gasteiger partial charge in [-0.2, -0.15) is 5.26 Å². The molecular weight excluding hydrogens is 164 g/mol. The van der Waals surface area contributed by atoms with Crippen molar-refractivity contribution in [2.45, 2.75) is 13.8 Å². The molecule has 0 bridgehead atoms. The molecule has 0 amide bonds. The maximum absolute atomic E-state index is 8.52. The summed E-state index contributed by atoms with van der Waals surface area (Å²) < 4.78 is 0. The molecule has 1 aromatic heterocycles. The van der Waals surface area contributed by atoms with Crippen LogP contribution in [0.25, 0.3) is 0 Å². The lowest BCUT2D eigenvalue weighted by molar-refractivity contribution is 0.822. The molecule has 0 spiro atoms. The van der Waals surface area contributed by atoms with Crippen molar-refractivity contribution >= 4 is 5.82 Å². The molecule has 68 valence electrons. The number of rotatable bonds is 3. The fraction of sp³-hybridized carbons (Fsp3) is 0.444. The van der Waals surface area contributed by atoms with E-state index >= 15 is 0 Å². The number of hydrogen-bond donors (Lipinski definition) is 0. The van der Waals surface area contributed by atoms with Crippen LogP contribution >= 0.6 is 0 Å². The maximum atomic E-state index is 8.52. The van der Waals surface area contributed by atoms with Gasteiger partial charge in [0, 0.05) is 13.1 Å². The monoisotopic (exact) mass is 176 g/mol. The minimum Gasteiger partial charge on any atom is -0.356 e. The lowest BCUT2D eigenvalue weighted by atomic mass is 10.4. The molecule has 1 heterocycles. The zero-order chi connectivity index (χ0) is 9.68. The van der Waals surface area contributed by atoms with Gasteiger partial charge in [0.25, 0.3) is 0 Å². The number of anilines is 1. The molecule has 0 aliphatic carbocycles. The maximum Gasteiger partial charge on any atom is 0.163 e. The first-order chi connectivity index (χ1) is 6.31. The van der Waals surface area contributed by atoms with Crippen LogP contribution in [0.15, 0.2) is 12.1 Å². The Bertz CT molecular complexity index is 294. The molecule has 0 aliphatic rings. The van der Waals surface area contributed by atoms with Gasteiger partial charge >= 0.3 is 0 Å². The summed E-state index contributed by atoms with van der Waals surface area (Å²) in [5.41, 5.74) is 0.357. The first-order valence-electron chi connectivity index (χ1n) is 4.30. The molecule has 0 aromatic carbocycles. The molecule has 1 rings (SSSR count). The Morgan fingerprint density at radius 3 is 2.38 bits per heavy atom. The first kappa shape index (κ1) is 9.46. The van der Waals surface area contributed by atoms with Crippen LogP contribution < -0.4 is 4.90 Å². The molecule has 0 aliphatic heterocycles. The summed E-state index contributed by atoms with van der Waals surface area (Å²) in [5.74, 6) is 0.823. The van der Waals surface area contributed by atoms with Crippen molar-refractivity contribution in [2.75, 3.05) is 18.0 Å². The van der Waals surface area contributed by atoms with Gasteiger partial charge in [0.05, 0.1) is 0 Å². The molecule has 0 N–H and O–H groups in total. The van der Waals surface area contributed by atoms with Crippen molar-refractivity contribution in [2.24, 2.45) is 0 Å². The normalized spacial score (nSPS) is 9.31. The lowest BCUT2D eigenvalue weighted by Crippen LogP contribution is -2.23. The number of hydrogen-bond acceptors (Lipinski definition) is 4. The SMILES string of the molecule is CCN(CC)c1ccc(C#N)nn1. The summed E-state index contributed by atoms with van der Waals surface area (Å²) in [6.45, 7) is 5.92. The van der Waals surface area contributed by atoms with Gasteiger partial charge in [-0.3, -0.25) is 0 Å². The van der Waals surface area contributed by atoms with Gasteiger partial charge in [-0.1, -0.05) is 0 Å². The van der Waals surface area contributed by atoms with Crippen LogP contribution in [0.5, 0.6) is 0 Å². The van der Waals surface area contributed by atoms with E-state index in [1.807, 2.05) is 12.1 Å². The summed E-state index contributed by atoms with van der Waals surface area (Å²) in [6.07, 6.45) is 0. The summed E-state index contributed by atoms with van der Waals surface area (Å²) in [4.78, 5) is 2.08. The van der Waals surface area contributed by atoms with Crippen molar-refractivity contribution in [1.29, 1.82) is 5.26 Å². The van der Waals surface area contributed by atoms with Gasteiger partial charge in [0.2, 0.25) is 0 Å². The van der Waals surface area contributed by atoms with E-state index in [4.69, 9.17) is 5.26 Å². The average Bonchev–Trinajstić information content (AvgIpc) is 2.21. The number of nitrogens with zero attached hydrogens (tertiary/aromatic N) is 4. The summed E-state index contributed by atoms with van der Waals surface area (Å²) in [5, 5.41) is 16.2. The minimum absolute atomic E-state index is 0.357. The largest absolute Gasteiger partial charge is 0.356 e. The van der Waals surface area contributed by atoms with Crippen molar-refractivity contribution in [3.05, 3.63) is 17.8 Å². The van der Waals surface area contributed by atoms with Crippen LogP contribution in [-0.2, 0) is 0 Å². The average molecular weight is 176 g/mol. The highest BCUT2D eigenvalue weighted by atomic mass is 15.3. The molecule has 0 saturated carbocycles. The number of nitriles is 1. The van der Waals surface area contributed by atoms with Gasteiger partial charge < -0.3 is 4.90 Å². The topological polar surface area (TPSA) is 52.8 Å². The highest BCUT2D eigenvalue weighted by molar-refractivity contribution is 5.38. The third kappa shape index (κ3) is 2.15. The Hall–Kier alpha value is -1.63. The van der Waals surface area contributed by atoms with Gasteiger partial charge in [-0.05, 0) is 26.0 Å². The Morgan fingerprint density at radius 2 is 2.00 bits per heavy atom. The van der Waals surface area contributed by atoms with E-state index in [-0.39, 0.29) is 0 Å². The highest BCUT2D eigenvalue weighted by Crippen LogP contribution is 2.07. The third-order valence-electron chi connectivity index (χ3n) is 1.85. The van der Waals surface area contributed by atoms with Crippen molar-refractivity contribution in [3.63, 3.8) is 0 Å². The lowest BCUT2D eigenvalue weighted by Gasteiger charge is -2.18. The fourth-order valence-corrected chi connectivity index (χ4v) is 1.10. The molecule has 0 atom stereocenters. The zero-order valence-corrected chi connectivity index (χ0v) is 7.86. The van der Waals surface area contributed by atoms with E-state index in [1.165, 1.54) is 0 Å². The van der Waals surface area contributed by atoms with Crippen LogP contribution in [0, 0.1) is 11.3 Å². The molecule has 4 heteroatoms. The summed E-state index contributed by atoms with van der Waals surface area (Å²) >= 11 is 0. The Kier molecular flexibility index (Phi) is 3.21. The first-order valence-corrected chi connectivity index (χ1v) is 4.30. The predicted octanol–water partition coefficient (Wildman–Crippen LogP) is 1.19. The van der Waals surface area contributed by atoms with E-state index in [9.17, 15) is 0 Å². The second-order valence-electron chi connectivity index (χ2n) is 2.56. The van der Waals surface area contributed by atoms with Crippen LogP contribution in [0.4, 0.5) is 5.82 Å². The Morgan fingerprint density at radius 1 is 1.31 bits per heavy atom.